The molecule has 8 nitrogen and oxygen atoms in total. The molecule has 0 aliphatic carbocycles. The van der Waals surface area contributed by atoms with Crippen LogP contribution in [0, 0.1) is 12.7 Å². The third-order valence-corrected chi connectivity index (χ3v) is 6.37. The fourth-order valence-electron chi connectivity index (χ4n) is 4.35. The third-order valence-electron chi connectivity index (χ3n) is 6.37. The number of Topliss-reactive ketones (excluding diaryl/α,β-unsaturated/α-hetero) is 1. The van der Waals surface area contributed by atoms with E-state index < -0.39 is 5.91 Å². The molecule has 4 rings (SSSR count). The molecule has 1 aliphatic rings. The van der Waals surface area contributed by atoms with E-state index in [0.29, 0.717) is 61.8 Å². The van der Waals surface area contributed by atoms with Crippen LogP contribution in [-0.4, -0.2) is 69.7 Å². The van der Waals surface area contributed by atoms with E-state index in [1.807, 2.05) is 9.47 Å². The number of primary amides is 1. The highest BCUT2D eigenvalue weighted by atomic mass is 19.1. The van der Waals surface area contributed by atoms with Crippen molar-refractivity contribution in [2.45, 2.75) is 19.9 Å². The number of rotatable bonds is 8. The summed E-state index contributed by atoms with van der Waals surface area (Å²) in [5, 5.41) is 0. The fraction of sp³-hybridized carbons (Fsp3) is 0.308. The molecule has 0 unspecified atom stereocenters. The molecule has 1 aliphatic heterocycles. The van der Waals surface area contributed by atoms with Crippen molar-refractivity contribution >= 4 is 17.6 Å². The molecule has 182 valence electrons. The van der Waals surface area contributed by atoms with Gasteiger partial charge in [0, 0.05) is 44.6 Å². The van der Waals surface area contributed by atoms with E-state index in [2.05, 4.69) is 4.98 Å². The van der Waals surface area contributed by atoms with E-state index >= 15 is 0 Å². The van der Waals surface area contributed by atoms with E-state index in [1.165, 1.54) is 12.1 Å². The average Bonchev–Trinajstić information content (AvgIpc) is 3.20. The van der Waals surface area contributed by atoms with Crippen LogP contribution in [0.4, 0.5) is 4.39 Å². The summed E-state index contributed by atoms with van der Waals surface area (Å²) in [5.74, 6) is -1.13. The number of halogens is 1. The van der Waals surface area contributed by atoms with Crippen molar-refractivity contribution < 1.29 is 18.8 Å². The maximum atomic E-state index is 13.3. The summed E-state index contributed by atoms with van der Waals surface area (Å²) in [6.07, 6.45) is 2.16. The second-order valence-corrected chi connectivity index (χ2v) is 8.63. The first kappa shape index (κ1) is 24.3. The highest BCUT2D eigenvalue weighted by Gasteiger charge is 2.26. The number of piperazine rings is 1. The molecule has 35 heavy (non-hydrogen) atoms. The lowest BCUT2D eigenvalue weighted by Crippen LogP contribution is -2.50. The number of hydrogen-bond acceptors (Lipinski definition) is 5. The quantitative estimate of drug-likeness (QED) is 0.502. The van der Waals surface area contributed by atoms with Crippen LogP contribution in [0.2, 0.25) is 0 Å². The number of aryl methyl sites for hydroxylation is 1. The van der Waals surface area contributed by atoms with Crippen LogP contribution in [0.1, 0.15) is 42.6 Å². The lowest BCUT2D eigenvalue weighted by molar-refractivity contribution is 0.0617. The van der Waals surface area contributed by atoms with Crippen LogP contribution < -0.4 is 5.73 Å². The highest BCUT2D eigenvalue weighted by molar-refractivity contribution is 6.01. The normalized spacial score (nSPS) is 14.2. The van der Waals surface area contributed by atoms with Gasteiger partial charge in [0.1, 0.15) is 11.5 Å². The van der Waals surface area contributed by atoms with Crippen molar-refractivity contribution in [2.24, 2.45) is 5.73 Å². The summed E-state index contributed by atoms with van der Waals surface area (Å²) in [4.78, 5) is 45.7. The van der Waals surface area contributed by atoms with Crippen LogP contribution in [0.15, 0.2) is 54.7 Å². The second kappa shape index (κ2) is 10.6. The average molecular weight is 478 g/mol. The Hall–Kier alpha value is -3.85. The number of carbonyl (C=O) groups is 3. The molecule has 2 N–H and O–H groups in total. The van der Waals surface area contributed by atoms with Gasteiger partial charge in [-0.1, -0.05) is 18.2 Å². The lowest BCUT2D eigenvalue weighted by Gasteiger charge is -2.34. The molecule has 1 fully saturated rings. The Morgan fingerprint density at radius 3 is 2.37 bits per heavy atom. The number of benzene rings is 1. The molecule has 0 bridgehead atoms. The number of aromatic nitrogens is 2. The summed E-state index contributed by atoms with van der Waals surface area (Å²) in [6.45, 7) is 4.51. The van der Waals surface area contributed by atoms with Crippen molar-refractivity contribution in [2.75, 3.05) is 32.7 Å². The zero-order valence-electron chi connectivity index (χ0n) is 19.6. The zero-order chi connectivity index (χ0) is 24.9. The Balaban J connectivity index is 1.42. The van der Waals surface area contributed by atoms with E-state index in [9.17, 15) is 18.8 Å². The Morgan fingerprint density at radius 1 is 1.03 bits per heavy atom. The molecular formula is C26H28FN5O3. The molecule has 0 spiro atoms. The number of ketones is 1. The Kier molecular flexibility index (Phi) is 7.36. The van der Waals surface area contributed by atoms with Gasteiger partial charge in [-0.3, -0.25) is 24.3 Å². The van der Waals surface area contributed by atoms with E-state index in [-0.39, 0.29) is 24.1 Å². The van der Waals surface area contributed by atoms with Crippen molar-refractivity contribution in [1.29, 1.82) is 0 Å². The molecule has 3 heterocycles. The second-order valence-electron chi connectivity index (χ2n) is 8.63. The van der Waals surface area contributed by atoms with Gasteiger partial charge in [-0.15, -0.1) is 0 Å². The van der Waals surface area contributed by atoms with Crippen LogP contribution in [0.5, 0.6) is 0 Å². The molecule has 2 amide bonds. The third kappa shape index (κ3) is 5.63. The SMILES string of the molecule is Cc1c(C(N)=O)cc(C(=O)CN2CCN(C(=O)c3ccccn3)CC2)n1CCc1ccc(F)cc1. The molecule has 1 saturated heterocycles. The maximum absolute atomic E-state index is 13.3. The highest BCUT2D eigenvalue weighted by Crippen LogP contribution is 2.18. The molecule has 3 aromatic rings. The summed E-state index contributed by atoms with van der Waals surface area (Å²) in [6, 6.07) is 13.0. The van der Waals surface area contributed by atoms with Gasteiger partial charge >= 0.3 is 0 Å². The lowest BCUT2D eigenvalue weighted by atomic mass is 10.1. The summed E-state index contributed by atoms with van der Waals surface area (Å²) in [7, 11) is 0. The fourth-order valence-corrected chi connectivity index (χ4v) is 4.35. The Bertz CT molecular complexity index is 1220. The summed E-state index contributed by atoms with van der Waals surface area (Å²) < 4.78 is 15.0. The van der Waals surface area contributed by atoms with Crippen LogP contribution in [0.25, 0.3) is 0 Å². The van der Waals surface area contributed by atoms with Gasteiger partial charge in [-0.25, -0.2) is 4.39 Å². The molecule has 0 saturated carbocycles. The number of hydrogen-bond donors (Lipinski definition) is 1. The zero-order valence-corrected chi connectivity index (χ0v) is 19.6. The predicted molar refractivity (Wildman–Crippen MR) is 129 cm³/mol. The smallest absolute Gasteiger partial charge is 0.272 e. The Morgan fingerprint density at radius 2 is 1.74 bits per heavy atom. The van der Waals surface area contributed by atoms with Gasteiger partial charge < -0.3 is 15.2 Å². The number of amides is 2. The van der Waals surface area contributed by atoms with Crippen molar-refractivity contribution in [3.8, 4) is 0 Å². The first-order valence-electron chi connectivity index (χ1n) is 11.5. The monoisotopic (exact) mass is 477 g/mol. The first-order chi connectivity index (χ1) is 16.8. The van der Waals surface area contributed by atoms with Gasteiger partial charge in [0.2, 0.25) is 0 Å². The number of pyridine rings is 1. The minimum absolute atomic E-state index is 0.118. The summed E-state index contributed by atoms with van der Waals surface area (Å²) >= 11 is 0. The van der Waals surface area contributed by atoms with Gasteiger partial charge in [0.15, 0.2) is 5.78 Å². The molecule has 0 radical (unpaired) electrons. The molecule has 2 aromatic heterocycles. The van der Waals surface area contributed by atoms with Gasteiger partial charge in [0.25, 0.3) is 11.8 Å². The van der Waals surface area contributed by atoms with Gasteiger partial charge in [-0.2, -0.15) is 0 Å². The minimum atomic E-state index is -0.585. The first-order valence-corrected chi connectivity index (χ1v) is 11.5. The molecule has 9 heteroatoms. The van der Waals surface area contributed by atoms with Gasteiger partial charge in [-0.05, 0) is 49.2 Å². The maximum Gasteiger partial charge on any atom is 0.272 e. The molecular weight excluding hydrogens is 449 g/mol. The van der Waals surface area contributed by atoms with Crippen molar-refractivity contribution in [3.05, 3.63) is 88.8 Å². The summed E-state index contributed by atoms with van der Waals surface area (Å²) in [5.41, 5.74) is 8.24. The molecule has 0 atom stereocenters. The number of nitrogens with two attached hydrogens (primary N) is 1. The van der Waals surface area contributed by atoms with Crippen LogP contribution in [0.3, 0.4) is 0 Å². The number of nitrogens with zero attached hydrogens (tertiary/aromatic N) is 4. The van der Waals surface area contributed by atoms with Gasteiger partial charge in [0.05, 0.1) is 17.8 Å². The van der Waals surface area contributed by atoms with E-state index in [0.717, 1.165) is 5.56 Å². The standard InChI is InChI=1S/C26H28FN5O3/c1-18-21(25(28)34)16-23(32(18)11-9-19-5-7-20(27)8-6-19)24(33)17-30-12-14-31(15-13-30)26(35)22-4-2-3-10-29-22/h2-8,10,16H,9,11-15,17H2,1H3,(H2,28,34). The van der Waals surface area contributed by atoms with E-state index in [1.54, 1.807) is 54.4 Å². The Labute approximate surface area is 203 Å². The minimum Gasteiger partial charge on any atom is -0.366 e. The predicted octanol–water partition coefficient (Wildman–Crippen LogP) is 2.31. The van der Waals surface area contributed by atoms with Crippen LogP contribution >= 0.6 is 0 Å². The largest absolute Gasteiger partial charge is 0.366 e. The molecule has 1 aromatic carbocycles. The van der Waals surface area contributed by atoms with Crippen LogP contribution in [-0.2, 0) is 13.0 Å². The van der Waals surface area contributed by atoms with E-state index in [4.69, 9.17) is 5.73 Å². The number of carbonyl (C=O) groups excluding carboxylic acids is 3. The van der Waals surface area contributed by atoms with Crippen molar-refractivity contribution in [3.63, 3.8) is 0 Å². The van der Waals surface area contributed by atoms with Crippen molar-refractivity contribution in [1.82, 2.24) is 19.4 Å². The topological polar surface area (TPSA) is 102 Å².